The number of allylic oxidation sites excluding steroid dienone is 2. The van der Waals surface area contributed by atoms with Gasteiger partial charge in [0.15, 0.2) is 6.29 Å². The molecular weight excluding hydrogens is 212 g/mol. The molecule has 17 heavy (non-hydrogen) atoms. The average Bonchev–Trinajstić information content (AvgIpc) is 2.84. The van der Waals surface area contributed by atoms with Crippen LogP contribution in [0.1, 0.15) is 52.4 Å². The fourth-order valence-electron chi connectivity index (χ4n) is 4.15. The smallest absolute Gasteiger partial charge is 0.163 e. The van der Waals surface area contributed by atoms with Gasteiger partial charge in [-0.05, 0) is 45.4 Å². The third-order valence-corrected chi connectivity index (χ3v) is 5.22. The lowest BCUT2D eigenvalue weighted by molar-refractivity contribution is -0.171. The molecule has 3 aliphatic rings. The van der Waals surface area contributed by atoms with Crippen LogP contribution < -0.4 is 0 Å². The molecular formula is C15H24O2. The molecule has 0 spiro atoms. The lowest BCUT2D eigenvalue weighted by atomic mass is 9.58. The molecule has 2 fully saturated rings. The molecule has 1 heterocycles. The van der Waals surface area contributed by atoms with E-state index >= 15 is 0 Å². The van der Waals surface area contributed by atoms with Gasteiger partial charge in [0, 0.05) is 5.41 Å². The first-order valence-corrected chi connectivity index (χ1v) is 7.11. The van der Waals surface area contributed by atoms with Gasteiger partial charge in [-0.3, -0.25) is 0 Å². The molecule has 1 saturated carbocycles. The maximum Gasteiger partial charge on any atom is 0.163 e. The van der Waals surface area contributed by atoms with Crippen molar-refractivity contribution < 1.29 is 9.47 Å². The van der Waals surface area contributed by atoms with E-state index in [1.807, 2.05) is 0 Å². The van der Waals surface area contributed by atoms with E-state index in [2.05, 4.69) is 13.8 Å². The normalized spacial score (nSPS) is 39.5. The highest BCUT2D eigenvalue weighted by Crippen LogP contribution is 2.55. The maximum absolute atomic E-state index is 5.89. The molecule has 1 saturated heterocycles. The van der Waals surface area contributed by atoms with Crippen molar-refractivity contribution in [2.24, 2.45) is 11.3 Å². The predicted octanol–water partition coefficient (Wildman–Crippen LogP) is 3.67. The third-order valence-electron chi connectivity index (χ3n) is 5.22. The summed E-state index contributed by atoms with van der Waals surface area (Å²) in [5.74, 6) is 0.794. The second-order valence-electron chi connectivity index (χ2n) is 6.19. The lowest BCUT2D eigenvalue weighted by Crippen LogP contribution is -2.46. The number of rotatable bonds is 1. The van der Waals surface area contributed by atoms with E-state index in [1.165, 1.54) is 38.5 Å². The van der Waals surface area contributed by atoms with Gasteiger partial charge < -0.3 is 9.47 Å². The lowest BCUT2D eigenvalue weighted by Gasteiger charge is -2.50. The summed E-state index contributed by atoms with van der Waals surface area (Å²) in [5.41, 5.74) is 3.51. The minimum atomic E-state index is 0.0795. The van der Waals surface area contributed by atoms with E-state index in [4.69, 9.17) is 9.47 Å². The van der Waals surface area contributed by atoms with E-state index < -0.39 is 0 Å². The highest BCUT2D eigenvalue weighted by atomic mass is 16.7. The van der Waals surface area contributed by atoms with Crippen molar-refractivity contribution in [3.63, 3.8) is 0 Å². The Balaban J connectivity index is 1.92. The highest BCUT2D eigenvalue weighted by molar-refractivity contribution is 5.20. The fraction of sp³-hybridized carbons (Fsp3) is 0.867. The number of hydrogen-bond acceptors (Lipinski definition) is 2. The SMILES string of the molecule is CC1=C(C)C[C@@]2(C3OCCO3)CCCCC2C1. The van der Waals surface area contributed by atoms with Crippen LogP contribution in [0.15, 0.2) is 11.1 Å². The molecule has 96 valence electrons. The fourth-order valence-corrected chi connectivity index (χ4v) is 4.15. The van der Waals surface area contributed by atoms with Crippen LogP contribution in [0.2, 0.25) is 0 Å². The summed E-state index contributed by atoms with van der Waals surface area (Å²) in [4.78, 5) is 0. The Bertz CT molecular complexity index is 328. The van der Waals surface area contributed by atoms with Gasteiger partial charge in [0.05, 0.1) is 13.2 Å². The van der Waals surface area contributed by atoms with Gasteiger partial charge in [-0.15, -0.1) is 0 Å². The third kappa shape index (κ3) is 1.86. The topological polar surface area (TPSA) is 18.5 Å². The molecule has 0 N–H and O–H groups in total. The largest absolute Gasteiger partial charge is 0.350 e. The second-order valence-corrected chi connectivity index (χ2v) is 6.19. The first-order valence-electron chi connectivity index (χ1n) is 7.11. The Morgan fingerprint density at radius 2 is 1.82 bits per heavy atom. The van der Waals surface area contributed by atoms with Crippen LogP contribution in [0.25, 0.3) is 0 Å². The van der Waals surface area contributed by atoms with Crippen molar-refractivity contribution in [2.45, 2.75) is 58.7 Å². The molecule has 0 radical (unpaired) electrons. The molecule has 2 atom stereocenters. The molecule has 2 heteroatoms. The molecule has 0 aromatic heterocycles. The Kier molecular flexibility index (Phi) is 3.04. The minimum absolute atomic E-state index is 0.0795. The summed E-state index contributed by atoms with van der Waals surface area (Å²) in [6.45, 7) is 6.20. The van der Waals surface area contributed by atoms with Crippen molar-refractivity contribution in [1.29, 1.82) is 0 Å². The Morgan fingerprint density at radius 3 is 2.59 bits per heavy atom. The average molecular weight is 236 g/mol. The van der Waals surface area contributed by atoms with Gasteiger partial charge in [0.1, 0.15) is 0 Å². The van der Waals surface area contributed by atoms with Crippen LogP contribution in [-0.2, 0) is 9.47 Å². The van der Waals surface area contributed by atoms with Crippen LogP contribution in [0, 0.1) is 11.3 Å². The van der Waals surface area contributed by atoms with E-state index in [1.54, 1.807) is 11.1 Å². The molecule has 0 aromatic rings. The zero-order valence-corrected chi connectivity index (χ0v) is 11.1. The zero-order chi connectivity index (χ0) is 11.9. The predicted molar refractivity (Wildman–Crippen MR) is 67.7 cm³/mol. The first-order chi connectivity index (χ1) is 8.22. The minimum Gasteiger partial charge on any atom is -0.350 e. The van der Waals surface area contributed by atoms with Crippen molar-refractivity contribution in [3.8, 4) is 0 Å². The second kappa shape index (κ2) is 4.40. The molecule has 0 aromatic carbocycles. The van der Waals surface area contributed by atoms with Crippen LogP contribution in [-0.4, -0.2) is 19.5 Å². The van der Waals surface area contributed by atoms with E-state index in [9.17, 15) is 0 Å². The maximum atomic E-state index is 5.89. The molecule has 3 rings (SSSR count). The van der Waals surface area contributed by atoms with Crippen molar-refractivity contribution >= 4 is 0 Å². The van der Waals surface area contributed by atoms with Crippen LogP contribution in [0.4, 0.5) is 0 Å². The van der Waals surface area contributed by atoms with Gasteiger partial charge >= 0.3 is 0 Å². The van der Waals surface area contributed by atoms with Gasteiger partial charge in [-0.25, -0.2) is 0 Å². The summed E-state index contributed by atoms with van der Waals surface area (Å²) in [7, 11) is 0. The molecule has 1 aliphatic heterocycles. The molecule has 0 amide bonds. The standard InChI is InChI=1S/C15H24O2/c1-11-9-13-5-3-4-6-15(13,10-12(11)2)14-16-7-8-17-14/h13-14H,3-10H2,1-2H3/t13?,15-/m0/s1. The molecule has 2 aliphatic carbocycles. The van der Waals surface area contributed by atoms with Gasteiger partial charge in [0.2, 0.25) is 0 Å². The molecule has 2 nitrogen and oxygen atoms in total. The monoisotopic (exact) mass is 236 g/mol. The number of fused-ring (bicyclic) bond motifs is 1. The van der Waals surface area contributed by atoms with Gasteiger partial charge in [-0.1, -0.05) is 24.0 Å². The van der Waals surface area contributed by atoms with E-state index in [-0.39, 0.29) is 6.29 Å². The van der Waals surface area contributed by atoms with E-state index in [0.29, 0.717) is 5.41 Å². The highest BCUT2D eigenvalue weighted by Gasteiger charge is 2.51. The van der Waals surface area contributed by atoms with Crippen molar-refractivity contribution in [1.82, 2.24) is 0 Å². The quantitative estimate of drug-likeness (QED) is 0.647. The van der Waals surface area contributed by atoms with Crippen LogP contribution in [0.5, 0.6) is 0 Å². The summed E-state index contributed by atoms with van der Waals surface area (Å²) >= 11 is 0. The Morgan fingerprint density at radius 1 is 1.06 bits per heavy atom. The van der Waals surface area contributed by atoms with Crippen LogP contribution in [0.3, 0.4) is 0 Å². The Hall–Kier alpha value is -0.340. The first kappa shape index (κ1) is 11.7. The molecule has 0 bridgehead atoms. The van der Waals surface area contributed by atoms with E-state index in [0.717, 1.165) is 19.1 Å². The van der Waals surface area contributed by atoms with Gasteiger partial charge in [0.25, 0.3) is 0 Å². The number of ether oxygens (including phenoxy) is 2. The van der Waals surface area contributed by atoms with Gasteiger partial charge in [-0.2, -0.15) is 0 Å². The van der Waals surface area contributed by atoms with Crippen molar-refractivity contribution in [2.75, 3.05) is 13.2 Å². The molecule has 1 unspecified atom stereocenters. The number of hydrogen-bond donors (Lipinski definition) is 0. The summed E-state index contributed by atoms with van der Waals surface area (Å²) in [5, 5.41) is 0. The van der Waals surface area contributed by atoms with Crippen LogP contribution >= 0.6 is 0 Å². The summed E-state index contributed by atoms with van der Waals surface area (Å²) < 4.78 is 11.8. The van der Waals surface area contributed by atoms with Crippen molar-refractivity contribution in [3.05, 3.63) is 11.1 Å². The summed E-state index contributed by atoms with van der Waals surface area (Å²) in [6, 6.07) is 0. The zero-order valence-electron chi connectivity index (χ0n) is 11.1. The Labute approximate surface area is 104 Å². The summed E-state index contributed by atoms with van der Waals surface area (Å²) in [6.07, 6.45) is 7.97.